The van der Waals surface area contributed by atoms with Crippen molar-refractivity contribution in [1.29, 1.82) is 0 Å². The zero-order valence-corrected chi connectivity index (χ0v) is 27.6. The van der Waals surface area contributed by atoms with Crippen LogP contribution in [0.1, 0.15) is 59.9 Å². The number of benzene rings is 2. The second-order valence-electron chi connectivity index (χ2n) is 11.9. The number of phenolic OH excluding ortho intramolecular Hbond substituents is 1. The van der Waals surface area contributed by atoms with E-state index >= 15 is 0 Å². The molecule has 0 aliphatic heterocycles. The van der Waals surface area contributed by atoms with Crippen molar-refractivity contribution in [3.63, 3.8) is 0 Å². The molecule has 0 saturated carbocycles. The molecule has 0 radical (unpaired) electrons. The number of hydrogen-bond donors (Lipinski definition) is 9. The highest BCUT2D eigenvalue weighted by molar-refractivity contribution is 5.94. The maximum atomic E-state index is 13.9. The molecule has 14 N–H and O–H groups in total. The summed E-state index contributed by atoms with van der Waals surface area (Å²) in [4.78, 5) is 56.8. The number of rotatable bonds is 19. The number of amides is 4. The largest absolute Gasteiger partial charge is 0.508 e. The van der Waals surface area contributed by atoms with Gasteiger partial charge in [0.05, 0.1) is 6.04 Å². The Morgan fingerprint density at radius 1 is 0.787 bits per heavy atom. The number of carbonyl (C=O) groups excluding carboxylic acids is 4. The van der Waals surface area contributed by atoms with Crippen LogP contribution in [0.3, 0.4) is 0 Å². The Morgan fingerprint density at radius 2 is 1.40 bits per heavy atom. The lowest BCUT2D eigenvalue weighted by Crippen LogP contribution is -2.58. The Balaban J connectivity index is 2.31. The summed E-state index contributed by atoms with van der Waals surface area (Å²) in [6, 6.07) is 6.47. The highest BCUT2D eigenvalue weighted by Gasteiger charge is 2.30. The Labute approximate surface area is 276 Å². The average molecular weight is 654 g/mol. The zero-order chi connectivity index (χ0) is 35.1. The molecular weight excluding hydrogens is 602 g/mol. The van der Waals surface area contributed by atoms with Crippen LogP contribution < -0.4 is 44.6 Å². The van der Waals surface area contributed by atoms with Crippen molar-refractivity contribution in [1.82, 2.24) is 16.0 Å². The molecule has 2 aromatic rings. The number of aromatic hydroxyl groups is 1. The van der Waals surface area contributed by atoms with E-state index in [1.165, 1.54) is 0 Å². The number of nitrogens with two attached hydrogens (primary N) is 5. The van der Waals surface area contributed by atoms with E-state index in [4.69, 9.17) is 28.7 Å². The standard InChI is InChI=1S/C33H51N9O5/c1-19-8-6-9-22(14-19)17-27(29(36)44)41-31(46)26(11-4-5-12-34)40-32(47)28(18-24-20(2)15-23(43)16-21(24)3)42-30(45)25(35)10-7-13-39-33(37)38/h6,8-9,14-16,25-28,43H,4-5,7,10-13,17-18,34-35H2,1-3H3,(H2,36,44)(H,40,47)(H,41,46)(H,42,45)(H4,37,38,39). The fourth-order valence-corrected chi connectivity index (χ4v) is 5.24. The Kier molecular flexibility index (Phi) is 15.6. The molecule has 14 nitrogen and oxygen atoms in total. The molecule has 0 spiro atoms. The lowest BCUT2D eigenvalue weighted by atomic mass is 9.95. The number of guanidine groups is 1. The van der Waals surface area contributed by atoms with Crippen LogP contribution in [0.15, 0.2) is 41.4 Å². The number of carbonyl (C=O) groups is 4. The van der Waals surface area contributed by atoms with E-state index in [2.05, 4.69) is 20.9 Å². The summed E-state index contributed by atoms with van der Waals surface area (Å²) in [7, 11) is 0. The van der Waals surface area contributed by atoms with Gasteiger partial charge in [0, 0.05) is 19.4 Å². The van der Waals surface area contributed by atoms with Gasteiger partial charge in [-0.2, -0.15) is 0 Å². The fourth-order valence-electron chi connectivity index (χ4n) is 5.24. The van der Waals surface area contributed by atoms with Crippen molar-refractivity contribution in [2.75, 3.05) is 13.1 Å². The molecule has 2 aromatic carbocycles. The quantitative estimate of drug-likeness (QED) is 0.0539. The molecule has 0 heterocycles. The van der Waals surface area contributed by atoms with Gasteiger partial charge in [-0.1, -0.05) is 29.8 Å². The molecule has 4 atom stereocenters. The van der Waals surface area contributed by atoms with Gasteiger partial charge in [0.2, 0.25) is 23.6 Å². The van der Waals surface area contributed by atoms with Gasteiger partial charge < -0.3 is 49.7 Å². The summed E-state index contributed by atoms with van der Waals surface area (Å²) in [6.07, 6.45) is 2.27. The zero-order valence-electron chi connectivity index (χ0n) is 27.6. The van der Waals surface area contributed by atoms with Crippen LogP contribution in [0.25, 0.3) is 0 Å². The Bertz CT molecular complexity index is 1390. The van der Waals surface area contributed by atoms with Gasteiger partial charge in [-0.25, -0.2) is 0 Å². The lowest BCUT2D eigenvalue weighted by molar-refractivity contribution is -0.133. The highest BCUT2D eigenvalue weighted by atomic mass is 16.3. The van der Waals surface area contributed by atoms with Crippen LogP contribution in [0, 0.1) is 20.8 Å². The number of aliphatic imine (C=N–C) groups is 1. The molecule has 0 aliphatic rings. The molecule has 0 bridgehead atoms. The average Bonchev–Trinajstić information content (AvgIpc) is 2.99. The number of aryl methyl sites for hydroxylation is 3. The van der Waals surface area contributed by atoms with Gasteiger partial charge in [0.25, 0.3) is 0 Å². The highest BCUT2D eigenvalue weighted by Crippen LogP contribution is 2.22. The normalized spacial score (nSPS) is 13.5. The van der Waals surface area contributed by atoms with Crippen LogP contribution in [-0.2, 0) is 32.0 Å². The predicted molar refractivity (Wildman–Crippen MR) is 182 cm³/mol. The maximum Gasteiger partial charge on any atom is 0.243 e. The Morgan fingerprint density at radius 3 is 2.00 bits per heavy atom. The van der Waals surface area contributed by atoms with E-state index in [0.29, 0.717) is 36.9 Å². The minimum absolute atomic E-state index is 0.0602. The van der Waals surface area contributed by atoms with Gasteiger partial charge in [-0.05, 0) is 93.8 Å². The van der Waals surface area contributed by atoms with Crippen molar-refractivity contribution in [2.24, 2.45) is 33.7 Å². The number of hydrogen-bond acceptors (Lipinski definition) is 8. The Hall–Kier alpha value is -4.69. The molecule has 0 saturated heterocycles. The minimum Gasteiger partial charge on any atom is -0.508 e. The second-order valence-corrected chi connectivity index (χ2v) is 11.9. The van der Waals surface area contributed by atoms with Crippen LogP contribution >= 0.6 is 0 Å². The van der Waals surface area contributed by atoms with Gasteiger partial charge in [0.1, 0.15) is 23.9 Å². The number of unbranched alkanes of at least 4 members (excludes halogenated alkanes) is 1. The molecule has 47 heavy (non-hydrogen) atoms. The van der Waals surface area contributed by atoms with Gasteiger partial charge in [0.15, 0.2) is 5.96 Å². The first-order valence-electron chi connectivity index (χ1n) is 15.8. The van der Waals surface area contributed by atoms with E-state index in [1.54, 1.807) is 26.0 Å². The molecule has 0 aliphatic carbocycles. The predicted octanol–water partition coefficient (Wildman–Crippen LogP) is -0.448. The summed E-state index contributed by atoms with van der Waals surface area (Å²) in [5.41, 5.74) is 32.2. The van der Waals surface area contributed by atoms with E-state index in [-0.39, 0.29) is 43.9 Å². The number of nitrogens with one attached hydrogen (secondary N) is 3. The van der Waals surface area contributed by atoms with Crippen molar-refractivity contribution in [3.8, 4) is 5.75 Å². The van der Waals surface area contributed by atoms with Gasteiger partial charge >= 0.3 is 0 Å². The smallest absolute Gasteiger partial charge is 0.243 e. The third-order valence-corrected chi connectivity index (χ3v) is 7.79. The van der Waals surface area contributed by atoms with Crippen LogP contribution in [0.5, 0.6) is 5.75 Å². The van der Waals surface area contributed by atoms with E-state index in [0.717, 1.165) is 16.7 Å². The van der Waals surface area contributed by atoms with Gasteiger partial charge in [-0.15, -0.1) is 0 Å². The third-order valence-electron chi connectivity index (χ3n) is 7.79. The van der Waals surface area contributed by atoms with Crippen molar-refractivity contribution in [2.45, 2.75) is 89.9 Å². The molecule has 0 fully saturated rings. The van der Waals surface area contributed by atoms with Crippen LogP contribution in [0.4, 0.5) is 0 Å². The number of nitrogens with zero attached hydrogens (tertiary/aromatic N) is 1. The molecule has 14 heteroatoms. The SMILES string of the molecule is Cc1cccc(CC(NC(=O)C(CCCCN)NC(=O)C(Cc2c(C)cc(O)cc2C)NC(=O)C(N)CCCN=C(N)N)C(N)=O)c1. The first-order valence-corrected chi connectivity index (χ1v) is 15.8. The molecule has 0 aromatic heterocycles. The number of phenols is 1. The summed E-state index contributed by atoms with van der Waals surface area (Å²) in [6.45, 7) is 6.17. The number of primary amides is 1. The van der Waals surface area contributed by atoms with Crippen molar-refractivity contribution in [3.05, 3.63) is 64.2 Å². The monoisotopic (exact) mass is 653 g/mol. The fraction of sp³-hybridized carbons (Fsp3) is 0.485. The van der Waals surface area contributed by atoms with Crippen LogP contribution in [-0.4, -0.2) is 72.0 Å². The van der Waals surface area contributed by atoms with E-state index in [1.807, 2.05) is 31.2 Å². The maximum absolute atomic E-state index is 13.9. The first kappa shape index (κ1) is 38.5. The van der Waals surface area contributed by atoms with E-state index < -0.39 is 47.8 Å². The van der Waals surface area contributed by atoms with E-state index in [9.17, 15) is 24.3 Å². The molecule has 258 valence electrons. The summed E-state index contributed by atoms with van der Waals surface area (Å²) >= 11 is 0. The molecule has 4 unspecified atom stereocenters. The summed E-state index contributed by atoms with van der Waals surface area (Å²) in [5, 5.41) is 18.3. The van der Waals surface area contributed by atoms with Crippen LogP contribution in [0.2, 0.25) is 0 Å². The molecular formula is C33H51N9O5. The lowest BCUT2D eigenvalue weighted by Gasteiger charge is -2.26. The van der Waals surface area contributed by atoms with Crippen molar-refractivity contribution < 1.29 is 24.3 Å². The third kappa shape index (κ3) is 13.3. The first-order chi connectivity index (χ1) is 22.2. The summed E-state index contributed by atoms with van der Waals surface area (Å²) in [5.74, 6) is -2.50. The van der Waals surface area contributed by atoms with Gasteiger partial charge in [-0.3, -0.25) is 24.2 Å². The molecule has 4 amide bonds. The molecule has 2 rings (SSSR count). The summed E-state index contributed by atoms with van der Waals surface area (Å²) < 4.78 is 0. The topological polar surface area (TPSA) is 267 Å². The van der Waals surface area contributed by atoms with Crippen molar-refractivity contribution >= 4 is 29.6 Å². The second kappa shape index (κ2) is 19.1. The minimum atomic E-state index is -1.13.